The van der Waals surface area contributed by atoms with E-state index < -0.39 is 15.8 Å². The zero-order valence-electron chi connectivity index (χ0n) is 14.6. The molecule has 3 aromatic carbocycles. The van der Waals surface area contributed by atoms with E-state index in [1.54, 1.807) is 24.3 Å². The summed E-state index contributed by atoms with van der Waals surface area (Å²) in [5.41, 5.74) is 1.36. The maximum absolute atomic E-state index is 13.5. The fourth-order valence-electron chi connectivity index (χ4n) is 2.43. The minimum absolute atomic E-state index is 0.0618. The molecular weight excluding hydrogens is 369 g/mol. The normalized spacial score (nSPS) is 11.0. The lowest BCUT2D eigenvalue weighted by atomic mass is 10.2. The van der Waals surface area contributed by atoms with E-state index >= 15 is 0 Å². The van der Waals surface area contributed by atoms with Crippen LogP contribution in [0.15, 0.2) is 77.7 Å². The fraction of sp³-hybridized carbons (Fsp3) is 0.100. The first-order valence-electron chi connectivity index (χ1n) is 8.11. The predicted molar refractivity (Wildman–Crippen MR) is 101 cm³/mol. The van der Waals surface area contributed by atoms with Crippen LogP contribution in [0.3, 0.4) is 0 Å². The molecule has 0 fully saturated rings. The summed E-state index contributed by atoms with van der Waals surface area (Å²) in [7, 11) is -2.68. The van der Waals surface area contributed by atoms with Crippen molar-refractivity contribution in [2.75, 3.05) is 11.8 Å². The van der Waals surface area contributed by atoms with Crippen molar-refractivity contribution in [3.05, 3.63) is 84.2 Å². The Bertz CT molecular complexity index is 1010. The van der Waals surface area contributed by atoms with Crippen molar-refractivity contribution in [1.29, 1.82) is 0 Å². The molecule has 0 spiro atoms. The zero-order chi connectivity index (χ0) is 19.3. The maximum Gasteiger partial charge on any atom is 0.265 e. The molecule has 7 heteroatoms. The lowest BCUT2D eigenvalue weighted by Crippen LogP contribution is -2.14. The van der Waals surface area contributed by atoms with Crippen LogP contribution in [0.1, 0.15) is 5.56 Å². The summed E-state index contributed by atoms with van der Waals surface area (Å²) >= 11 is 0. The standard InChI is InChI=1S/C20H18FNO4S/c1-25-19-12-7-16(21)13-20(19)27(23,24)22-17-8-10-18(11-9-17)26-14-15-5-3-2-4-6-15/h2-13,22H,14H2,1H3. The Balaban J connectivity index is 1.71. The number of nitrogens with one attached hydrogen (secondary N) is 1. The molecule has 3 aromatic rings. The van der Waals surface area contributed by atoms with Gasteiger partial charge in [0.25, 0.3) is 10.0 Å². The van der Waals surface area contributed by atoms with Crippen LogP contribution in [0.25, 0.3) is 0 Å². The van der Waals surface area contributed by atoms with Crippen molar-refractivity contribution in [1.82, 2.24) is 0 Å². The van der Waals surface area contributed by atoms with Crippen molar-refractivity contribution < 1.29 is 22.3 Å². The Morgan fingerprint density at radius 3 is 2.33 bits per heavy atom. The molecular formula is C20H18FNO4S. The third kappa shape index (κ3) is 4.77. The largest absolute Gasteiger partial charge is 0.495 e. The molecule has 1 N–H and O–H groups in total. The molecule has 27 heavy (non-hydrogen) atoms. The molecule has 0 aliphatic carbocycles. The molecule has 5 nitrogen and oxygen atoms in total. The van der Waals surface area contributed by atoms with E-state index in [9.17, 15) is 12.8 Å². The third-order valence-corrected chi connectivity index (χ3v) is 5.17. The second kappa shape index (κ2) is 8.09. The number of sulfonamides is 1. The highest BCUT2D eigenvalue weighted by atomic mass is 32.2. The van der Waals surface area contributed by atoms with Crippen LogP contribution in [-0.2, 0) is 16.6 Å². The summed E-state index contributed by atoms with van der Waals surface area (Å²) in [6.45, 7) is 0.409. The van der Waals surface area contributed by atoms with Gasteiger partial charge in [-0.05, 0) is 48.0 Å². The van der Waals surface area contributed by atoms with Gasteiger partial charge in [0.05, 0.1) is 7.11 Å². The number of hydrogen-bond acceptors (Lipinski definition) is 4. The molecule has 3 rings (SSSR count). The van der Waals surface area contributed by atoms with Crippen molar-refractivity contribution in [2.24, 2.45) is 0 Å². The molecule has 0 aromatic heterocycles. The number of hydrogen-bond donors (Lipinski definition) is 1. The van der Waals surface area contributed by atoms with Gasteiger partial charge in [-0.15, -0.1) is 0 Å². The van der Waals surface area contributed by atoms with Gasteiger partial charge < -0.3 is 9.47 Å². The molecule has 0 unspecified atom stereocenters. The summed E-state index contributed by atoms with van der Waals surface area (Å²) < 4.78 is 51.6. The minimum atomic E-state index is -4.00. The Morgan fingerprint density at radius 1 is 0.963 bits per heavy atom. The van der Waals surface area contributed by atoms with Gasteiger partial charge in [-0.2, -0.15) is 0 Å². The van der Waals surface area contributed by atoms with Gasteiger partial charge in [-0.25, -0.2) is 12.8 Å². The second-order valence-electron chi connectivity index (χ2n) is 5.70. The average Bonchev–Trinajstić information content (AvgIpc) is 2.68. The van der Waals surface area contributed by atoms with Crippen LogP contribution in [0, 0.1) is 5.82 Å². The number of rotatable bonds is 7. The monoisotopic (exact) mass is 387 g/mol. The molecule has 0 heterocycles. The van der Waals surface area contributed by atoms with Crippen LogP contribution in [0.4, 0.5) is 10.1 Å². The van der Waals surface area contributed by atoms with E-state index in [4.69, 9.17) is 9.47 Å². The van der Waals surface area contributed by atoms with Crippen LogP contribution >= 0.6 is 0 Å². The Kier molecular flexibility index (Phi) is 5.61. The van der Waals surface area contributed by atoms with Crippen LogP contribution in [0.2, 0.25) is 0 Å². The second-order valence-corrected chi connectivity index (χ2v) is 7.35. The summed E-state index contributed by atoms with van der Waals surface area (Å²) in [4.78, 5) is -0.269. The Hall–Kier alpha value is -3.06. The van der Waals surface area contributed by atoms with Crippen LogP contribution < -0.4 is 14.2 Å². The lowest BCUT2D eigenvalue weighted by molar-refractivity contribution is 0.306. The van der Waals surface area contributed by atoms with E-state index in [0.717, 1.165) is 17.7 Å². The van der Waals surface area contributed by atoms with Crippen molar-refractivity contribution in [2.45, 2.75) is 11.5 Å². The number of ether oxygens (including phenoxy) is 2. The maximum atomic E-state index is 13.5. The summed E-state index contributed by atoms with van der Waals surface area (Å²) in [5.74, 6) is -0.00214. The SMILES string of the molecule is COc1ccc(F)cc1S(=O)(=O)Nc1ccc(OCc2ccccc2)cc1. The van der Waals surface area contributed by atoms with Crippen molar-refractivity contribution >= 4 is 15.7 Å². The average molecular weight is 387 g/mol. The summed E-state index contributed by atoms with van der Waals surface area (Å²) in [6, 6.07) is 19.5. The first-order valence-corrected chi connectivity index (χ1v) is 9.59. The van der Waals surface area contributed by atoms with Gasteiger partial charge in [0.2, 0.25) is 0 Å². The predicted octanol–water partition coefficient (Wildman–Crippen LogP) is 4.21. The van der Waals surface area contributed by atoms with E-state index in [0.29, 0.717) is 18.0 Å². The molecule has 0 saturated heterocycles. The molecule has 0 amide bonds. The fourth-order valence-corrected chi connectivity index (χ4v) is 3.67. The molecule has 0 aliphatic rings. The third-order valence-electron chi connectivity index (χ3n) is 3.77. The quantitative estimate of drug-likeness (QED) is 0.659. The van der Waals surface area contributed by atoms with Gasteiger partial charge in [0.15, 0.2) is 0 Å². The van der Waals surface area contributed by atoms with Gasteiger partial charge >= 0.3 is 0 Å². The molecule has 140 valence electrons. The molecule has 0 radical (unpaired) electrons. The Morgan fingerprint density at radius 2 is 1.67 bits per heavy atom. The van der Waals surface area contributed by atoms with Crippen molar-refractivity contribution in [3.8, 4) is 11.5 Å². The minimum Gasteiger partial charge on any atom is -0.495 e. The smallest absolute Gasteiger partial charge is 0.265 e. The highest BCUT2D eigenvalue weighted by Crippen LogP contribution is 2.27. The van der Waals surface area contributed by atoms with Gasteiger partial charge in [-0.1, -0.05) is 30.3 Å². The van der Waals surface area contributed by atoms with Gasteiger partial charge in [0.1, 0.15) is 28.8 Å². The Labute approximate surface area is 157 Å². The first kappa shape index (κ1) is 18.7. The van der Waals surface area contributed by atoms with Crippen LogP contribution in [0.5, 0.6) is 11.5 Å². The highest BCUT2D eigenvalue weighted by molar-refractivity contribution is 7.92. The lowest BCUT2D eigenvalue weighted by Gasteiger charge is -2.12. The van der Waals surface area contributed by atoms with Crippen LogP contribution in [-0.4, -0.2) is 15.5 Å². The summed E-state index contributed by atoms with van der Waals surface area (Å²) in [5, 5.41) is 0. The number of anilines is 1. The van der Waals surface area contributed by atoms with E-state index in [-0.39, 0.29) is 10.6 Å². The van der Waals surface area contributed by atoms with E-state index in [1.807, 2.05) is 30.3 Å². The molecule has 0 aliphatic heterocycles. The number of methoxy groups -OCH3 is 1. The van der Waals surface area contributed by atoms with Gasteiger partial charge in [-0.3, -0.25) is 4.72 Å². The summed E-state index contributed by atoms with van der Waals surface area (Å²) in [6.07, 6.45) is 0. The zero-order valence-corrected chi connectivity index (χ0v) is 15.4. The first-order chi connectivity index (χ1) is 13.0. The number of halogens is 1. The van der Waals surface area contributed by atoms with Crippen molar-refractivity contribution in [3.63, 3.8) is 0 Å². The van der Waals surface area contributed by atoms with Gasteiger partial charge in [0, 0.05) is 5.69 Å². The van der Waals surface area contributed by atoms with E-state index in [1.165, 1.54) is 13.2 Å². The van der Waals surface area contributed by atoms with E-state index in [2.05, 4.69) is 4.72 Å². The number of benzene rings is 3. The molecule has 0 atom stereocenters. The highest BCUT2D eigenvalue weighted by Gasteiger charge is 2.20. The molecule has 0 bridgehead atoms. The topological polar surface area (TPSA) is 64.6 Å². The molecule has 0 saturated carbocycles.